The number of likely N-dealkylation sites (tertiary alicyclic amines) is 1. The van der Waals surface area contributed by atoms with Crippen LogP contribution in [0.1, 0.15) is 31.7 Å². The standard InChI is InChI=1S/C17H25NO3/c1-2-13-21-14-12-18-10-8-17(9-11-18,16(19)20)15-6-4-3-5-7-15/h3-7H,2,8-14H2,1H3,(H,19,20). The highest BCUT2D eigenvalue weighted by Crippen LogP contribution is 2.35. The molecule has 1 fully saturated rings. The molecule has 0 atom stereocenters. The number of piperidine rings is 1. The number of ether oxygens (including phenoxy) is 1. The van der Waals surface area contributed by atoms with Gasteiger partial charge in [0.15, 0.2) is 0 Å². The molecule has 1 saturated heterocycles. The molecule has 0 aromatic heterocycles. The minimum absolute atomic E-state index is 0.667. The Morgan fingerprint density at radius 3 is 2.48 bits per heavy atom. The summed E-state index contributed by atoms with van der Waals surface area (Å²) in [6.07, 6.45) is 2.37. The van der Waals surface area contributed by atoms with Crippen LogP contribution >= 0.6 is 0 Å². The molecule has 1 aliphatic rings. The molecule has 0 radical (unpaired) electrons. The average Bonchev–Trinajstić information content (AvgIpc) is 2.53. The van der Waals surface area contributed by atoms with Crippen LogP contribution in [0.5, 0.6) is 0 Å². The number of carboxylic acids is 1. The first-order chi connectivity index (χ1) is 10.2. The van der Waals surface area contributed by atoms with Gasteiger partial charge in [0.1, 0.15) is 0 Å². The molecule has 1 aromatic rings. The average molecular weight is 291 g/mol. The lowest BCUT2D eigenvalue weighted by Crippen LogP contribution is -2.48. The van der Waals surface area contributed by atoms with Crippen molar-refractivity contribution in [2.45, 2.75) is 31.6 Å². The van der Waals surface area contributed by atoms with Gasteiger partial charge in [0.05, 0.1) is 12.0 Å². The van der Waals surface area contributed by atoms with Crippen molar-refractivity contribution in [2.75, 3.05) is 32.8 Å². The molecule has 0 unspecified atom stereocenters. The molecule has 1 aromatic carbocycles. The normalized spacial score (nSPS) is 18.5. The molecule has 1 heterocycles. The second-order valence-electron chi connectivity index (χ2n) is 5.71. The van der Waals surface area contributed by atoms with Crippen LogP contribution in [0.15, 0.2) is 30.3 Å². The highest BCUT2D eigenvalue weighted by atomic mass is 16.5. The van der Waals surface area contributed by atoms with E-state index in [-0.39, 0.29) is 0 Å². The summed E-state index contributed by atoms with van der Waals surface area (Å²) in [5.74, 6) is -0.699. The Morgan fingerprint density at radius 1 is 1.24 bits per heavy atom. The predicted octanol–water partition coefficient (Wildman–Crippen LogP) is 2.53. The Labute approximate surface area is 126 Å². The summed E-state index contributed by atoms with van der Waals surface area (Å²) in [6, 6.07) is 9.65. The zero-order valence-corrected chi connectivity index (χ0v) is 12.8. The van der Waals surface area contributed by atoms with Crippen molar-refractivity contribution in [3.8, 4) is 0 Å². The number of carboxylic acid groups (broad SMARTS) is 1. The van der Waals surface area contributed by atoms with Crippen molar-refractivity contribution in [1.29, 1.82) is 0 Å². The van der Waals surface area contributed by atoms with Gasteiger partial charge >= 0.3 is 5.97 Å². The number of nitrogens with zero attached hydrogens (tertiary/aromatic N) is 1. The summed E-state index contributed by atoms with van der Waals surface area (Å²) >= 11 is 0. The van der Waals surface area contributed by atoms with Crippen molar-refractivity contribution in [2.24, 2.45) is 0 Å². The molecule has 0 amide bonds. The lowest BCUT2D eigenvalue weighted by molar-refractivity contribution is -0.146. The van der Waals surface area contributed by atoms with Crippen LogP contribution in [0.3, 0.4) is 0 Å². The first kappa shape index (κ1) is 16.0. The van der Waals surface area contributed by atoms with Crippen molar-refractivity contribution in [3.63, 3.8) is 0 Å². The molecule has 0 bridgehead atoms. The first-order valence-electron chi connectivity index (χ1n) is 7.78. The largest absolute Gasteiger partial charge is 0.481 e. The van der Waals surface area contributed by atoms with Crippen LogP contribution in [0, 0.1) is 0 Å². The van der Waals surface area contributed by atoms with E-state index in [2.05, 4.69) is 11.8 Å². The lowest BCUT2D eigenvalue weighted by Gasteiger charge is -2.39. The molecule has 2 rings (SSSR count). The number of benzene rings is 1. The fourth-order valence-electron chi connectivity index (χ4n) is 2.98. The highest BCUT2D eigenvalue weighted by molar-refractivity contribution is 5.81. The number of aliphatic carboxylic acids is 1. The maximum absolute atomic E-state index is 11.8. The second-order valence-corrected chi connectivity index (χ2v) is 5.71. The molecular formula is C17H25NO3. The topological polar surface area (TPSA) is 49.8 Å². The lowest BCUT2D eigenvalue weighted by atomic mass is 9.73. The zero-order valence-electron chi connectivity index (χ0n) is 12.8. The molecule has 0 spiro atoms. The van der Waals surface area contributed by atoms with E-state index in [1.54, 1.807) is 0 Å². The quantitative estimate of drug-likeness (QED) is 0.784. The Kier molecular flexibility index (Phi) is 5.76. The number of hydrogen-bond acceptors (Lipinski definition) is 3. The van der Waals surface area contributed by atoms with Crippen molar-refractivity contribution < 1.29 is 14.6 Å². The van der Waals surface area contributed by atoms with Crippen LogP contribution < -0.4 is 0 Å². The number of hydrogen-bond donors (Lipinski definition) is 1. The molecule has 21 heavy (non-hydrogen) atoms. The first-order valence-corrected chi connectivity index (χ1v) is 7.78. The van der Waals surface area contributed by atoms with Crippen molar-refractivity contribution in [1.82, 2.24) is 4.90 Å². The van der Waals surface area contributed by atoms with Crippen LogP contribution in [0.4, 0.5) is 0 Å². The van der Waals surface area contributed by atoms with E-state index in [9.17, 15) is 9.90 Å². The zero-order chi connectivity index (χ0) is 15.1. The summed E-state index contributed by atoms with van der Waals surface area (Å²) in [5.41, 5.74) is 0.210. The summed E-state index contributed by atoms with van der Waals surface area (Å²) < 4.78 is 5.51. The summed E-state index contributed by atoms with van der Waals surface area (Å²) in [5, 5.41) is 9.73. The third-order valence-corrected chi connectivity index (χ3v) is 4.35. The fourth-order valence-corrected chi connectivity index (χ4v) is 2.98. The smallest absolute Gasteiger partial charge is 0.314 e. The molecule has 4 nitrogen and oxygen atoms in total. The minimum atomic E-state index is -0.720. The highest BCUT2D eigenvalue weighted by Gasteiger charge is 2.42. The summed E-state index contributed by atoms with van der Waals surface area (Å²) in [4.78, 5) is 14.1. The van der Waals surface area contributed by atoms with Crippen LogP contribution in [0.25, 0.3) is 0 Å². The second kappa shape index (κ2) is 7.57. The maximum atomic E-state index is 11.8. The van der Waals surface area contributed by atoms with E-state index < -0.39 is 11.4 Å². The van der Waals surface area contributed by atoms with Crippen molar-refractivity contribution in [3.05, 3.63) is 35.9 Å². The Balaban J connectivity index is 1.94. The van der Waals surface area contributed by atoms with Gasteiger partial charge in [-0.2, -0.15) is 0 Å². The van der Waals surface area contributed by atoms with Crippen LogP contribution in [-0.2, 0) is 14.9 Å². The maximum Gasteiger partial charge on any atom is 0.314 e. The Bertz CT molecular complexity index is 439. The van der Waals surface area contributed by atoms with Gasteiger partial charge in [0, 0.05) is 13.2 Å². The van der Waals surface area contributed by atoms with Gasteiger partial charge < -0.3 is 14.7 Å². The molecular weight excluding hydrogens is 266 g/mol. The van der Waals surface area contributed by atoms with E-state index in [1.165, 1.54) is 0 Å². The van der Waals surface area contributed by atoms with Crippen LogP contribution in [0.2, 0.25) is 0 Å². The van der Waals surface area contributed by atoms with E-state index in [1.807, 2.05) is 30.3 Å². The Hall–Kier alpha value is -1.39. The van der Waals surface area contributed by atoms with Gasteiger partial charge in [-0.3, -0.25) is 4.79 Å². The van der Waals surface area contributed by atoms with Gasteiger partial charge in [-0.05, 0) is 37.9 Å². The minimum Gasteiger partial charge on any atom is -0.481 e. The molecule has 116 valence electrons. The van der Waals surface area contributed by atoms with E-state index in [0.717, 1.165) is 44.8 Å². The monoisotopic (exact) mass is 291 g/mol. The molecule has 0 aliphatic carbocycles. The fraction of sp³-hybridized carbons (Fsp3) is 0.588. The van der Waals surface area contributed by atoms with Gasteiger partial charge in [0.25, 0.3) is 0 Å². The van der Waals surface area contributed by atoms with Gasteiger partial charge in [-0.25, -0.2) is 0 Å². The van der Waals surface area contributed by atoms with E-state index in [0.29, 0.717) is 12.8 Å². The molecule has 1 N–H and O–H groups in total. The number of rotatable bonds is 7. The van der Waals surface area contributed by atoms with Crippen molar-refractivity contribution >= 4 is 5.97 Å². The SMILES string of the molecule is CCCOCCN1CCC(C(=O)O)(c2ccccc2)CC1. The van der Waals surface area contributed by atoms with Gasteiger partial charge in [-0.1, -0.05) is 37.3 Å². The predicted molar refractivity (Wildman–Crippen MR) is 82.5 cm³/mol. The van der Waals surface area contributed by atoms with Gasteiger partial charge in [0.2, 0.25) is 0 Å². The molecule has 1 aliphatic heterocycles. The molecule has 0 saturated carbocycles. The third-order valence-electron chi connectivity index (χ3n) is 4.35. The molecule has 4 heteroatoms. The number of carbonyl (C=O) groups is 1. The summed E-state index contributed by atoms with van der Waals surface area (Å²) in [6.45, 7) is 6.16. The van der Waals surface area contributed by atoms with E-state index >= 15 is 0 Å². The Morgan fingerprint density at radius 2 is 1.90 bits per heavy atom. The third kappa shape index (κ3) is 3.83. The van der Waals surface area contributed by atoms with Crippen LogP contribution in [-0.4, -0.2) is 48.8 Å². The van der Waals surface area contributed by atoms with Gasteiger partial charge in [-0.15, -0.1) is 0 Å². The summed E-state index contributed by atoms with van der Waals surface area (Å²) in [7, 11) is 0. The van der Waals surface area contributed by atoms with E-state index in [4.69, 9.17) is 4.74 Å².